The predicted molar refractivity (Wildman–Crippen MR) is 85.0 cm³/mol. The van der Waals surface area contributed by atoms with Crippen LogP contribution < -0.4 is 4.74 Å². The van der Waals surface area contributed by atoms with E-state index in [-0.39, 0.29) is 5.54 Å². The summed E-state index contributed by atoms with van der Waals surface area (Å²) < 4.78 is 8.97. The highest BCUT2D eigenvalue weighted by molar-refractivity contribution is 7.71. The highest BCUT2D eigenvalue weighted by Crippen LogP contribution is 2.39. The first kappa shape index (κ1) is 13.7. The molecule has 0 radical (unpaired) electrons. The molecule has 0 unspecified atom stereocenters. The number of aromatic nitrogens is 2. The van der Waals surface area contributed by atoms with Crippen LogP contribution in [0.1, 0.15) is 46.0 Å². The fourth-order valence-electron chi connectivity index (χ4n) is 3.33. The number of hydrogen-bond donors (Lipinski definition) is 1. The van der Waals surface area contributed by atoms with E-state index in [2.05, 4.69) is 35.5 Å². The Balaban J connectivity index is 2.14. The van der Waals surface area contributed by atoms with Crippen molar-refractivity contribution in [2.75, 3.05) is 6.61 Å². The third kappa shape index (κ3) is 2.16. The van der Waals surface area contributed by atoms with Crippen LogP contribution in [-0.4, -0.2) is 16.2 Å². The van der Waals surface area contributed by atoms with E-state index in [1.54, 1.807) is 0 Å². The summed E-state index contributed by atoms with van der Waals surface area (Å²) >= 11 is 5.59. The summed E-state index contributed by atoms with van der Waals surface area (Å²) in [6, 6.07) is 6.22. The molecule has 3 nitrogen and oxygen atoms in total. The van der Waals surface area contributed by atoms with Crippen LogP contribution in [0, 0.1) is 4.77 Å². The first-order valence-corrected chi connectivity index (χ1v) is 7.93. The summed E-state index contributed by atoms with van der Waals surface area (Å²) in [5.41, 5.74) is 2.37. The van der Waals surface area contributed by atoms with Crippen molar-refractivity contribution in [1.82, 2.24) is 9.55 Å². The minimum absolute atomic E-state index is 0.152. The molecule has 0 saturated heterocycles. The van der Waals surface area contributed by atoms with Crippen LogP contribution >= 0.6 is 12.2 Å². The van der Waals surface area contributed by atoms with Crippen molar-refractivity contribution in [2.45, 2.75) is 51.5 Å². The van der Waals surface area contributed by atoms with E-state index in [4.69, 9.17) is 17.0 Å². The molecule has 0 atom stereocenters. The molecule has 0 spiro atoms. The molecule has 1 aromatic carbocycles. The Hall–Kier alpha value is -1.29. The van der Waals surface area contributed by atoms with Gasteiger partial charge in [-0.1, -0.05) is 25.8 Å². The minimum Gasteiger partial charge on any atom is -0.491 e. The number of benzene rings is 1. The molecule has 3 rings (SSSR count). The normalized spacial score (nSPS) is 17.7. The van der Waals surface area contributed by atoms with Crippen molar-refractivity contribution in [3.63, 3.8) is 0 Å². The molecule has 2 aromatic rings. The number of hydrogen-bond acceptors (Lipinski definition) is 2. The number of H-pyrrole nitrogens is 1. The van der Waals surface area contributed by atoms with Crippen molar-refractivity contribution in [1.29, 1.82) is 0 Å². The van der Waals surface area contributed by atoms with E-state index in [1.165, 1.54) is 31.2 Å². The van der Waals surface area contributed by atoms with E-state index in [9.17, 15) is 0 Å². The van der Waals surface area contributed by atoms with Crippen LogP contribution in [0.2, 0.25) is 0 Å². The maximum absolute atomic E-state index is 5.84. The lowest BCUT2D eigenvalue weighted by Crippen LogP contribution is -2.26. The van der Waals surface area contributed by atoms with Gasteiger partial charge >= 0.3 is 0 Å². The first-order valence-electron chi connectivity index (χ1n) is 7.53. The summed E-state index contributed by atoms with van der Waals surface area (Å²) in [7, 11) is 0. The Morgan fingerprint density at radius 2 is 2.10 bits per heavy atom. The Morgan fingerprint density at radius 3 is 2.80 bits per heavy atom. The number of nitrogens with one attached hydrogen (secondary N) is 1. The lowest BCUT2D eigenvalue weighted by molar-refractivity contribution is 0.320. The summed E-state index contributed by atoms with van der Waals surface area (Å²) in [4.78, 5) is 3.36. The zero-order valence-electron chi connectivity index (χ0n) is 12.2. The second-order valence-electron chi connectivity index (χ2n) is 5.97. The van der Waals surface area contributed by atoms with E-state index in [1.807, 2.05) is 6.07 Å². The van der Waals surface area contributed by atoms with Gasteiger partial charge in [-0.25, -0.2) is 0 Å². The average Bonchev–Trinajstić information content (AvgIpc) is 3.00. The number of ether oxygens (including phenoxy) is 1. The van der Waals surface area contributed by atoms with Crippen molar-refractivity contribution < 1.29 is 4.74 Å². The van der Waals surface area contributed by atoms with Crippen LogP contribution in [-0.2, 0) is 5.54 Å². The van der Waals surface area contributed by atoms with Gasteiger partial charge in [-0.05, 0) is 50.5 Å². The molecule has 1 fully saturated rings. The second-order valence-corrected chi connectivity index (χ2v) is 6.36. The van der Waals surface area contributed by atoms with Crippen molar-refractivity contribution in [3.8, 4) is 5.75 Å². The summed E-state index contributed by atoms with van der Waals surface area (Å²) in [6.07, 6.45) is 5.99. The highest BCUT2D eigenvalue weighted by Gasteiger charge is 2.32. The SMILES string of the molecule is CCCOc1cccc2c1[nH]c(=S)n2C1(C)CCCC1. The molecule has 1 aliphatic rings. The zero-order valence-corrected chi connectivity index (χ0v) is 13.1. The van der Waals surface area contributed by atoms with Gasteiger partial charge < -0.3 is 14.3 Å². The lowest BCUT2D eigenvalue weighted by atomic mass is 10.00. The van der Waals surface area contributed by atoms with E-state index in [0.29, 0.717) is 0 Å². The standard InChI is InChI=1S/C16H22N2OS/c1-3-11-19-13-8-6-7-12-14(13)17-15(20)18(12)16(2)9-4-5-10-16/h6-8H,3-5,9-11H2,1-2H3,(H,17,20). The number of para-hydroxylation sites is 1. The first-order chi connectivity index (χ1) is 9.65. The molecular formula is C16H22N2OS. The molecule has 4 heteroatoms. The van der Waals surface area contributed by atoms with Gasteiger partial charge in [0.25, 0.3) is 0 Å². The Kier molecular flexibility index (Phi) is 3.59. The van der Waals surface area contributed by atoms with Gasteiger partial charge in [-0.3, -0.25) is 0 Å². The van der Waals surface area contributed by atoms with Gasteiger partial charge in [0.1, 0.15) is 11.3 Å². The molecule has 1 heterocycles. The second kappa shape index (κ2) is 5.24. The smallest absolute Gasteiger partial charge is 0.178 e. The quantitative estimate of drug-likeness (QED) is 0.821. The highest BCUT2D eigenvalue weighted by atomic mass is 32.1. The zero-order chi connectivity index (χ0) is 14.2. The van der Waals surface area contributed by atoms with E-state index < -0.39 is 0 Å². The number of fused-ring (bicyclic) bond motifs is 1. The maximum Gasteiger partial charge on any atom is 0.178 e. The summed E-state index contributed by atoms with van der Waals surface area (Å²) in [5, 5.41) is 0. The number of nitrogens with zero attached hydrogens (tertiary/aromatic N) is 1. The largest absolute Gasteiger partial charge is 0.491 e. The molecule has 1 N–H and O–H groups in total. The average molecular weight is 290 g/mol. The number of aromatic amines is 1. The molecule has 1 aliphatic carbocycles. The predicted octanol–water partition coefficient (Wildman–Crippen LogP) is 4.78. The number of rotatable bonds is 4. The maximum atomic E-state index is 5.84. The summed E-state index contributed by atoms with van der Waals surface area (Å²) in [6.45, 7) is 5.18. The van der Waals surface area contributed by atoms with E-state index >= 15 is 0 Å². The molecule has 1 aromatic heterocycles. The van der Waals surface area contributed by atoms with Crippen LogP contribution in [0.4, 0.5) is 0 Å². The molecule has 1 saturated carbocycles. The lowest BCUT2D eigenvalue weighted by Gasteiger charge is -2.26. The summed E-state index contributed by atoms with van der Waals surface area (Å²) in [5.74, 6) is 0.913. The third-order valence-electron chi connectivity index (χ3n) is 4.36. The van der Waals surface area contributed by atoms with Crippen molar-refractivity contribution in [2.24, 2.45) is 0 Å². The minimum atomic E-state index is 0.152. The van der Waals surface area contributed by atoms with Gasteiger partial charge in [0.15, 0.2) is 4.77 Å². The molecular weight excluding hydrogens is 268 g/mol. The Bertz CT molecular complexity index is 665. The Labute approximate surface area is 125 Å². The fourth-order valence-corrected chi connectivity index (χ4v) is 3.75. The molecule has 0 amide bonds. The van der Waals surface area contributed by atoms with Crippen LogP contribution in [0.15, 0.2) is 18.2 Å². The van der Waals surface area contributed by atoms with Crippen molar-refractivity contribution in [3.05, 3.63) is 23.0 Å². The molecule has 0 aliphatic heterocycles. The monoisotopic (exact) mass is 290 g/mol. The third-order valence-corrected chi connectivity index (χ3v) is 4.65. The van der Waals surface area contributed by atoms with E-state index in [0.717, 1.165) is 29.1 Å². The number of imidazole rings is 1. The van der Waals surface area contributed by atoms with Crippen LogP contribution in [0.3, 0.4) is 0 Å². The van der Waals surface area contributed by atoms with Crippen molar-refractivity contribution >= 4 is 23.3 Å². The van der Waals surface area contributed by atoms with Gasteiger partial charge in [-0.2, -0.15) is 0 Å². The molecule has 108 valence electrons. The molecule has 20 heavy (non-hydrogen) atoms. The Morgan fingerprint density at radius 1 is 1.35 bits per heavy atom. The fraction of sp³-hybridized carbons (Fsp3) is 0.562. The topological polar surface area (TPSA) is 29.9 Å². The van der Waals surface area contributed by atoms with Gasteiger partial charge in [0.2, 0.25) is 0 Å². The van der Waals surface area contributed by atoms with Gasteiger partial charge in [-0.15, -0.1) is 0 Å². The van der Waals surface area contributed by atoms with Crippen LogP contribution in [0.25, 0.3) is 11.0 Å². The van der Waals surface area contributed by atoms with Gasteiger partial charge in [0, 0.05) is 5.54 Å². The van der Waals surface area contributed by atoms with Gasteiger partial charge in [0.05, 0.1) is 12.1 Å². The molecule has 0 bridgehead atoms. The van der Waals surface area contributed by atoms with Crippen LogP contribution in [0.5, 0.6) is 5.75 Å².